The van der Waals surface area contributed by atoms with Crippen LogP contribution in [0.3, 0.4) is 0 Å². The number of carbonyl (C=O) groups is 2. The summed E-state index contributed by atoms with van der Waals surface area (Å²) in [5.74, 6) is -0.210. The SMILES string of the molecule is CC(NC(=O)c1cccc(NC(=O)Nc2ccc(Cl)cc2)c1)c1ccccc1. The molecule has 0 aromatic heterocycles. The van der Waals surface area contributed by atoms with E-state index in [-0.39, 0.29) is 11.9 Å². The maximum absolute atomic E-state index is 12.5. The van der Waals surface area contributed by atoms with Crippen molar-refractivity contribution < 1.29 is 9.59 Å². The van der Waals surface area contributed by atoms with Crippen LogP contribution in [0.2, 0.25) is 5.02 Å². The zero-order valence-electron chi connectivity index (χ0n) is 15.3. The highest BCUT2D eigenvalue weighted by molar-refractivity contribution is 6.30. The van der Waals surface area contributed by atoms with Crippen LogP contribution in [0.1, 0.15) is 28.9 Å². The van der Waals surface area contributed by atoms with E-state index in [1.807, 2.05) is 37.3 Å². The van der Waals surface area contributed by atoms with E-state index >= 15 is 0 Å². The molecule has 1 atom stereocenters. The normalized spacial score (nSPS) is 11.4. The molecule has 1 unspecified atom stereocenters. The number of carbonyl (C=O) groups excluding carboxylic acids is 2. The van der Waals surface area contributed by atoms with Gasteiger partial charge in [-0.05, 0) is 55.0 Å². The fourth-order valence-corrected chi connectivity index (χ4v) is 2.80. The van der Waals surface area contributed by atoms with Crippen molar-refractivity contribution in [1.29, 1.82) is 0 Å². The smallest absolute Gasteiger partial charge is 0.323 e. The van der Waals surface area contributed by atoms with E-state index in [9.17, 15) is 9.59 Å². The molecule has 3 aromatic carbocycles. The molecule has 0 radical (unpaired) electrons. The van der Waals surface area contributed by atoms with Crippen LogP contribution in [0.15, 0.2) is 78.9 Å². The van der Waals surface area contributed by atoms with Crippen molar-refractivity contribution in [3.63, 3.8) is 0 Å². The van der Waals surface area contributed by atoms with Crippen LogP contribution >= 0.6 is 11.6 Å². The molecule has 142 valence electrons. The Morgan fingerprint density at radius 2 is 1.50 bits per heavy atom. The van der Waals surface area contributed by atoms with Gasteiger partial charge in [0.25, 0.3) is 5.91 Å². The topological polar surface area (TPSA) is 70.2 Å². The van der Waals surface area contributed by atoms with Gasteiger partial charge in [-0.25, -0.2) is 4.79 Å². The molecule has 0 aliphatic carbocycles. The van der Waals surface area contributed by atoms with Crippen molar-refractivity contribution in [2.45, 2.75) is 13.0 Å². The standard InChI is InChI=1S/C22H20ClN3O2/c1-15(16-6-3-2-4-7-16)24-21(27)17-8-5-9-20(14-17)26-22(28)25-19-12-10-18(23)11-13-19/h2-15H,1H3,(H,24,27)(H2,25,26,28). The fraction of sp³-hybridized carbons (Fsp3) is 0.0909. The first-order chi connectivity index (χ1) is 13.5. The quantitative estimate of drug-likeness (QED) is 0.537. The van der Waals surface area contributed by atoms with Gasteiger partial charge in [0.15, 0.2) is 0 Å². The van der Waals surface area contributed by atoms with Gasteiger partial charge in [-0.3, -0.25) is 4.79 Å². The van der Waals surface area contributed by atoms with E-state index in [1.165, 1.54) is 0 Å². The minimum absolute atomic E-state index is 0.126. The van der Waals surface area contributed by atoms with Crippen LogP contribution < -0.4 is 16.0 Å². The highest BCUT2D eigenvalue weighted by Gasteiger charge is 2.12. The van der Waals surface area contributed by atoms with Crippen LogP contribution in [0.5, 0.6) is 0 Å². The molecule has 3 amide bonds. The molecular weight excluding hydrogens is 374 g/mol. The van der Waals surface area contributed by atoms with Gasteiger partial charge in [0, 0.05) is 22.0 Å². The van der Waals surface area contributed by atoms with Crippen LogP contribution in [0, 0.1) is 0 Å². The highest BCUT2D eigenvalue weighted by Crippen LogP contribution is 2.16. The van der Waals surface area contributed by atoms with E-state index in [0.717, 1.165) is 5.56 Å². The summed E-state index contributed by atoms with van der Waals surface area (Å²) in [6.07, 6.45) is 0. The maximum Gasteiger partial charge on any atom is 0.323 e. The lowest BCUT2D eigenvalue weighted by Crippen LogP contribution is -2.26. The molecule has 0 bridgehead atoms. The number of rotatable bonds is 5. The van der Waals surface area contributed by atoms with Crippen LogP contribution in [0.25, 0.3) is 0 Å². The third kappa shape index (κ3) is 5.34. The lowest BCUT2D eigenvalue weighted by molar-refractivity contribution is 0.0940. The summed E-state index contributed by atoms with van der Waals surface area (Å²) in [4.78, 5) is 24.7. The third-order valence-corrected chi connectivity index (χ3v) is 4.38. The lowest BCUT2D eigenvalue weighted by Gasteiger charge is -2.15. The molecular formula is C22H20ClN3O2. The first-order valence-electron chi connectivity index (χ1n) is 8.81. The Kier molecular flexibility index (Phi) is 6.29. The zero-order chi connectivity index (χ0) is 19.9. The van der Waals surface area contributed by atoms with Crippen molar-refractivity contribution in [3.8, 4) is 0 Å². The zero-order valence-corrected chi connectivity index (χ0v) is 16.0. The molecule has 0 fully saturated rings. The molecule has 6 heteroatoms. The highest BCUT2D eigenvalue weighted by atomic mass is 35.5. The number of benzene rings is 3. The Bertz CT molecular complexity index is 959. The first kappa shape index (κ1) is 19.5. The van der Waals surface area contributed by atoms with Crippen LogP contribution in [-0.4, -0.2) is 11.9 Å². The monoisotopic (exact) mass is 393 g/mol. The number of amides is 3. The van der Waals surface area contributed by atoms with Gasteiger partial charge in [0.05, 0.1) is 6.04 Å². The molecule has 3 aromatic rings. The Hall–Kier alpha value is -3.31. The number of urea groups is 1. The summed E-state index contributed by atoms with van der Waals surface area (Å²) in [7, 11) is 0. The maximum atomic E-state index is 12.5. The average molecular weight is 394 g/mol. The van der Waals surface area contributed by atoms with E-state index in [2.05, 4.69) is 16.0 Å². The summed E-state index contributed by atoms with van der Waals surface area (Å²) in [6, 6.07) is 22.8. The fourth-order valence-electron chi connectivity index (χ4n) is 2.67. The molecule has 0 heterocycles. The molecule has 5 nitrogen and oxygen atoms in total. The molecule has 28 heavy (non-hydrogen) atoms. The Morgan fingerprint density at radius 1 is 0.821 bits per heavy atom. The van der Waals surface area contributed by atoms with Gasteiger partial charge in [0.2, 0.25) is 0 Å². The predicted molar refractivity (Wildman–Crippen MR) is 113 cm³/mol. The second-order valence-electron chi connectivity index (χ2n) is 6.27. The van der Waals surface area contributed by atoms with Gasteiger partial charge in [-0.15, -0.1) is 0 Å². The summed E-state index contributed by atoms with van der Waals surface area (Å²) in [5.41, 5.74) is 2.62. The number of hydrogen-bond donors (Lipinski definition) is 3. The largest absolute Gasteiger partial charge is 0.346 e. The summed E-state index contributed by atoms with van der Waals surface area (Å²) >= 11 is 5.83. The second kappa shape index (κ2) is 9.06. The molecule has 0 aliphatic rings. The number of anilines is 2. The minimum atomic E-state index is -0.405. The second-order valence-corrected chi connectivity index (χ2v) is 6.71. The number of hydrogen-bond acceptors (Lipinski definition) is 2. The number of nitrogens with one attached hydrogen (secondary N) is 3. The molecule has 0 spiro atoms. The van der Waals surface area contributed by atoms with Crippen molar-refractivity contribution >= 4 is 34.9 Å². The summed E-state index contributed by atoms with van der Waals surface area (Å²) in [5, 5.41) is 8.98. The minimum Gasteiger partial charge on any atom is -0.346 e. The molecule has 0 aliphatic heterocycles. The van der Waals surface area contributed by atoms with E-state index in [0.29, 0.717) is 22.0 Å². The number of halogens is 1. The van der Waals surface area contributed by atoms with Gasteiger partial charge in [0.1, 0.15) is 0 Å². The molecule has 3 N–H and O–H groups in total. The molecule has 0 saturated carbocycles. The van der Waals surface area contributed by atoms with Gasteiger partial charge in [-0.2, -0.15) is 0 Å². The van der Waals surface area contributed by atoms with Crippen molar-refractivity contribution in [2.75, 3.05) is 10.6 Å². The van der Waals surface area contributed by atoms with Crippen LogP contribution in [0.4, 0.5) is 16.2 Å². The van der Waals surface area contributed by atoms with Crippen molar-refractivity contribution in [2.24, 2.45) is 0 Å². The third-order valence-electron chi connectivity index (χ3n) is 4.13. The van der Waals surface area contributed by atoms with Gasteiger partial charge in [-0.1, -0.05) is 48.0 Å². The lowest BCUT2D eigenvalue weighted by atomic mass is 10.1. The van der Waals surface area contributed by atoms with E-state index in [1.54, 1.807) is 48.5 Å². The molecule has 0 saturated heterocycles. The summed E-state index contributed by atoms with van der Waals surface area (Å²) < 4.78 is 0. The first-order valence-corrected chi connectivity index (χ1v) is 9.18. The van der Waals surface area contributed by atoms with Crippen molar-refractivity contribution in [1.82, 2.24) is 5.32 Å². The van der Waals surface area contributed by atoms with Crippen LogP contribution in [-0.2, 0) is 0 Å². The average Bonchev–Trinajstić information content (AvgIpc) is 2.70. The predicted octanol–water partition coefficient (Wildman–Crippen LogP) is 5.48. The Labute approximate surface area is 168 Å². The van der Waals surface area contributed by atoms with E-state index < -0.39 is 6.03 Å². The van der Waals surface area contributed by atoms with Crippen molar-refractivity contribution in [3.05, 3.63) is 95.0 Å². The van der Waals surface area contributed by atoms with E-state index in [4.69, 9.17) is 11.6 Å². The molecule has 3 rings (SSSR count). The Morgan fingerprint density at radius 3 is 2.21 bits per heavy atom. The summed E-state index contributed by atoms with van der Waals surface area (Å²) in [6.45, 7) is 1.93. The van der Waals surface area contributed by atoms with Gasteiger partial charge >= 0.3 is 6.03 Å². The van der Waals surface area contributed by atoms with Gasteiger partial charge < -0.3 is 16.0 Å². The Balaban J connectivity index is 1.62.